The van der Waals surface area contributed by atoms with Crippen LogP contribution in [0.2, 0.25) is 0 Å². The third kappa shape index (κ3) is 4.77. The van der Waals surface area contributed by atoms with Crippen LogP contribution in [0.4, 0.5) is 0 Å². The normalized spacial score (nSPS) is 28.0. The fourth-order valence-electron chi connectivity index (χ4n) is 3.26. The van der Waals surface area contributed by atoms with E-state index in [1.165, 1.54) is 12.8 Å². The Bertz CT molecular complexity index is 281. The van der Waals surface area contributed by atoms with E-state index in [-0.39, 0.29) is 5.91 Å². The van der Waals surface area contributed by atoms with Crippen molar-refractivity contribution in [3.63, 3.8) is 0 Å². The van der Waals surface area contributed by atoms with Crippen molar-refractivity contribution in [3.05, 3.63) is 0 Å². The molecule has 2 N–H and O–H groups in total. The topological polar surface area (TPSA) is 44.4 Å². The van der Waals surface area contributed by atoms with Gasteiger partial charge in [0.05, 0.1) is 0 Å². The van der Waals surface area contributed by atoms with Crippen LogP contribution >= 0.6 is 0 Å². The van der Waals surface area contributed by atoms with Gasteiger partial charge in [0.15, 0.2) is 0 Å². The molecule has 4 nitrogen and oxygen atoms in total. The van der Waals surface area contributed by atoms with Gasteiger partial charge in [-0.25, -0.2) is 0 Å². The van der Waals surface area contributed by atoms with Crippen LogP contribution in [0.1, 0.15) is 39.0 Å². The summed E-state index contributed by atoms with van der Waals surface area (Å²) in [7, 11) is 2.15. The molecule has 2 saturated heterocycles. The molecule has 2 aliphatic rings. The number of nitrogens with one attached hydrogen (secondary N) is 2. The molecule has 2 rings (SSSR count). The van der Waals surface area contributed by atoms with E-state index in [1.54, 1.807) is 0 Å². The number of piperidine rings is 2. The lowest BCUT2D eigenvalue weighted by Crippen LogP contribution is -2.44. The molecule has 4 heteroatoms. The van der Waals surface area contributed by atoms with Gasteiger partial charge in [-0.3, -0.25) is 4.79 Å². The zero-order valence-corrected chi connectivity index (χ0v) is 12.5. The molecule has 2 fully saturated rings. The highest BCUT2D eigenvalue weighted by atomic mass is 16.1. The van der Waals surface area contributed by atoms with E-state index in [4.69, 9.17) is 0 Å². The van der Waals surface area contributed by atoms with E-state index in [2.05, 4.69) is 29.5 Å². The summed E-state index contributed by atoms with van der Waals surface area (Å²) in [6, 6.07) is 0.403. The second kappa shape index (κ2) is 7.25. The number of carbonyl (C=O) groups excluding carboxylic acids is 1. The SMILES string of the molecule is CC(CC(=O)NC1CCN(C)CC1)C1CCCNC1. The fourth-order valence-corrected chi connectivity index (χ4v) is 3.26. The molecule has 0 aromatic heterocycles. The lowest BCUT2D eigenvalue weighted by atomic mass is 9.85. The van der Waals surface area contributed by atoms with Gasteiger partial charge in [0.1, 0.15) is 0 Å². The molecule has 2 aliphatic heterocycles. The number of hydrogen-bond acceptors (Lipinski definition) is 3. The summed E-state index contributed by atoms with van der Waals surface area (Å²) >= 11 is 0. The predicted octanol–water partition coefficient (Wildman–Crippen LogP) is 1.22. The summed E-state index contributed by atoms with van der Waals surface area (Å²) < 4.78 is 0. The predicted molar refractivity (Wildman–Crippen MR) is 78.0 cm³/mol. The molecule has 0 spiro atoms. The average molecular weight is 267 g/mol. The molecule has 0 aliphatic carbocycles. The van der Waals surface area contributed by atoms with E-state index < -0.39 is 0 Å². The molecule has 2 atom stereocenters. The van der Waals surface area contributed by atoms with Crippen molar-refractivity contribution in [1.29, 1.82) is 0 Å². The molecule has 0 radical (unpaired) electrons. The first-order valence-electron chi connectivity index (χ1n) is 7.84. The standard InChI is InChI=1S/C15H29N3O/c1-12(13-4-3-7-16-11-13)10-15(19)17-14-5-8-18(2)9-6-14/h12-14,16H,3-11H2,1-2H3,(H,17,19). The third-order valence-electron chi connectivity index (χ3n) is 4.73. The summed E-state index contributed by atoms with van der Waals surface area (Å²) in [6.07, 6.45) is 5.42. The van der Waals surface area contributed by atoms with Crippen molar-refractivity contribution < 1.29 is 4.79 Å². The number of amides is 1. The van der Waals surface area contributed by atoms with E-state index in [0.29, 0.717) is 24.3 Å². The highest BCUT2D eigenvalue weighted by molar-refractivity contribution is 5.76. The van der Waals surface area contributed by atoms with Gasteiger partial charge >= 0.3 is 0 Å². The lowest BCUT2D eigenvalue weighted by molar-refractivity contribution is -0.123. The zero-order chi connectivity index (χ0) is 13.7. The monoisotopic (exact) mass is 267 g/mol. The second-order valence-electron chi connectivity index (χ2n) is 6.43. The third-order valence-corrected chi connectivity index (χ3v) is 4.73. The first-order chi connectivity index (χ1) is 9.15. The Labute approximate surface area is 117 Å². The summed E-state index contributed by atoms with van der Waals surface area (Å²) in [6.45, 7) is 6.67. The fraction of sp³-hybridized carbons (Fsp3) is 0.933. The van der Waals surface area contributed by atoms with Gasteiger partial charge in [-0.15, -0.1) is 0 Å². The van der Waals surface area contributed by atoms with Gasteiger partial charge in [-0.2, -0.15) is 0 Å². The quantitative estimate of drug-likeness (QED) is 0.805. The Morgan fingerprint density at radius 3 is 2.74 bits per heavy atom. The first-order valence-corrected chi connectivity index (χ1v) is 7.84. The Morgan fingerprint density at radius 1 is 1.37 bits per heavy atom. The molecule has 0 bridgehead atoms. The van der Waals surface area contributed by atoms with Crippen molar-refractivity contribution in [1.82, 2.24) is 15.5 Å². The van der Waals surface area contributed by atoms with E-state index in [9.17, 15) is 4.79 Å². The summed E-state index contributed by atoms with van der Waals surface area (Å²) in [5.74, 6) is 1.43. The zero-order valence-electron chi connectivity index (χ0n) is 12.5. The molecule has 2 unspecified atom stereocenters. The van der Waals surface area contributed by atoms with Crippen molar-refractivity contribution in [2.24, 2.45) is 11.8 Å². The van der Waals surface area contributed by atoms with Crippen LogP contribution in [0.15, 0.2) is 0 Å². The van der Waals surface area contributed by atoms with Crippen LogP contribution in [0.3, 0.4) is 0 Å². The molecule has 0 aromatic rings. The van der Waals surface area contributed by atoms with Crippen molar-refractivity contribution in [3.8, 4) is 0 Å². The Kier molecular flexibility index (Phi) is 5.64. The lowest BCUT2D eigenvalue weighted by Gasteiger charge is -2.31. The van der Waals surface area contributed by atoms with Crippen LogP contribution in [0, 0.1) is 11.8 Å². The molecule has 0 aromatic carbocycles. The van der Waals surface area contributed by atoms with Gasteiger partial charge in [-0.1, -0.05) is 6.92 Å². The summed E-state index contributed by atoms with van der Waals surface area (Å²) in [5, 5.41) is 6.66. The number of nitrogens with zero attached hydrogens (tertiary/aromatic N) is 1. The maximum atomic E-state index is 12.1. The molecular formula is C15H29N3O. The maximum absolute atomic E-state index is 12.1. The van der Waals surface area contributed by atoms with E-state index in [0.717, 1.165) is 39.0 Å². The average Bonchev–Trinajstić information content (AvgIpc) is 2.42. The Balaban J connectivity index is 1.68. The van der Waals surface area contributed by atoms with Gasteiger partial charge in [0.25, 0.3) is 0 Å². The van der Waals surface area contributed by atoms with E-state index >= 15 is 0 Å². The molecule has 1 amide bonds. The number of rotatable bonds is 4. The number of hydrogen-bond donors (Lipinski definition) is 2. The minimum Gasteiger partial charge on any atom is -0.353 e. The van der Waals surface area contributed by atoms with Crippen LogP contribution in [0.25, 0.3) is 0 Å². The minimum absolute atomic E-state index is 0.257. The Morgan fingerprint density at radius 2 is 2.11 bits per heavy atom. The molecule has 2 heterocycles. The van der Waals surface area contributed by atoms with Gasteiger partial charge in [0.2, 0.25) is 5.91 Å². The van der Waals surface area contributed by atoms with Crippen LogP contribution in [-0.4, -0.2) is 50.1 Å². The van der Waals surface area contributed by atoms with Crippen LogP contribution in [-0.2, 0) is 4.79 Å². The van der Waals surface area contributed by atoms with Crippen LogP contribution in [0.5, 0.6) is 0 Å². The van der Waals surface area contributed by atoms with Gasteiger partial charge in [0, 0.05) is 12.5 Å². The van der Waals surface area contributed by atoms with Gasteiger partial charge < -0.3 is 15.5 Å². The highest BCUT2D eigenvalue weighted by Gasteiger charge is 2.24. The molecule has 110 valence electrons. The van der Waals surface area contributed by atoms with Crippen molar-refractivity contribution >= 4 is 5.91 Å². The smallest absolute Gasteiger partial charge is 0.220 e. The summed E-state index contributed by atoms with van der Waals surface area (Å²) in [4.78, 5) is 14.4. The molecule has 0 saturated carbocycles. The Hall–Kier alpha value is -0.610. The van der Waals surface area contributed by atoms with Crippen LogP contribution < -0.4 is 10.6 Å². The van der Waals surface area contributed by atoms with Crippen molar-refractivity contribution in [2.75, 3.05) is 33.2 Å². The maximum Gasteiger partial charge on any atom is 0.220 e. The molecular weight excluding hydrogens is 238 g/mol. The largest absolute Gasteiger partial charge is 0.353 e. The number of likely N-dealkylation sites (tertiary alicyclic amines) is 1. The number of carbonyl (C=O) groups is 1. The second-order valence-corrected chi connectivity index (χ2v) is 6.43. The van der Waals surface area contributed by atoms with E-state index in [1.807, 2.05) is 0 Å². The van der Waals surface area contributed by atoms with Gasteiger partial charge in [-0.05, 0) is 70.7 Å². The first kappa shape index (κ1) is 14.8. The van der Waals surface area contributed by atoms with Crippen molar-refractivity contribution in [2.45, 2.75) is 45.1 Å². The minimum atomic E-state index is 0.257. The highest BCUT2D eigenvalue weighted by Crippen LogP contribution is 2.22. The summed E-state index contributed by atoms with van der Waals surface area (Å²) in [5.41, 5.74) is 0. The molecule has 19 heavy (non-hydrogen) atoms.